The Morgan fingerprint density at radius 2 is 2.00 bits per heavy atom. The normalized spacial score (nSPS) is 13.4. The number of nitriles is 1. The van der Waals surface area contributed by atoms with Crippen LogP contribution in [0.25, 0.3) is 11.3 Å². The molecule has 2 heterocycles. The van der Waals surface area contributed by atoms with Gasteiger partial charge in [-0.05, 0) is 49.9 Å². The number of aryl methyl sites for hydroxylation is 1. The summed E-state index contributed by atoms with van der Waals surface area (Å²) in [6.45, 7) is 3.13. The van der Waals surface area contributed by atoms with Crippen molar-refractivity contribution < 1.29 is 9.59 Å². The second-order valence-electron chi connectivity index (χ2n) is 8.39. The van der Waals surface area contributed by atoms with Crippen LogP contribution >= 0.6 is 0 Å². The Balaban J connectivity index is 1.75. The topological polar surface area (TPSA) is 98.6 Å². The molecule has 0 spiro atoms. The van der Waals surface area contributed by atoms with E-state index >= 15 is 0 Å². The molecule has 156 valence electrons. The Labute approximate surface area is 181 Å². The first-order valence-electron chi connectivity index (χ1n) is 10.4. The zero-order valence-electron chi connectivity index (χ0n) is 17.7. The SMILES string of the molecule is CC(C)(C#N)C(=O)Nc1cc(-c2[nH]c3c(c2Cc2ccccc2)C(=O)CCC3)ccn1. The van der Waals surface area contributed by atoms with Gasteiger partial charge < -0.3 is 10.3 Å². The van der Waals surface area contributed by atoms with Crippen LogP contribution in [-0.2, 0) is 17.6 Å². The molecule has 0 aliphatic heterocycles. The lowest BCUT2D eigenvalue weighted by Crippen LogP contribution is -2.29. The van der Waals surface area contributed by atoms with Crippen LogP contribution in [0.5, 0.6) is 0 Å². The van der Waals surface area contributed by atoms with Crippen LogP contribution in [0, 0.1) is 16.7 Å². The van der Waals surface area contributed by atoms with Crippen molar-refractivity contribution in [3.05, 3.63) is 71.0 Å². The van der Waals surface area contributed by atoms with Crippen LogP contribution < -0.4 is 5.32 Å². The summed E-state index contributed by atoms with van der Waals surface area (Å²) in [6, 6.07) is 15.7. The fourth-order valence-electron chi connectivity index (χ4n) is 3.87. The smallest absolute Gasteiger partial charge is 0.245 e. The van der Waals surface area contributed by atoms with Gasteiger partial charge in [-0.2, -0.15) is 5.26 Å². The molecule has 1 aliphatic rings. The molecule has 2 N–H and O–H groups in total. The summed E-state index contributed by atoms with van der Waals surface area (Å²) in [6.07, 6.45) is 4.51. The number of Topliss-reactive ketones (excluding diaryl/α,β-unsaturated/α-hetero) is 1. The number of amides is 1. The second-order valence-corrected chi connectivity index (χ2v) is 8.39. The molecule has 6 nitrogen and oxygen atoms in total. The maximum atomic E-state index is 12.8. The molecule has 0 saturated heterocycles. The minimum Gasteiger partial charge on any atom is -0.358 e. The number of hydrogen-bond donors (Lipinski definition) is 2. The molecule has 1 amide bonds. The van der Waals surface area contributed by atoms with Crippen LogP contribution in [0.3, 0.4) is 0 Å². The fraction of sp³-hybridized carbons (Fsp3) is 0.280. The number of H-pyrrole nitrogens is 1. The molecule has 0 atom stereocenters. The van der Waals surface area contributed by atoms with E-state index in [1.807, 2.05) is 30.3 Å². The van der Waals surface area contributed by atoms with Gasteiger partial charge >= 0.3 is 0 Å². The fourth-order valence-corrected chi connectivity index (χ4v) is 3.87. The van der Waals surface area contributed by atoms with Gasteiger partial charge in [0, 0.05) is 35.9 Å². The number of ketones is 1. The van der Waals surface area contributed by atoms with Crippen LogP contribution in [0.15, 0.2) is 48.7 Å². The van der Waals surface area contributed by atoms with Gasteiger partial charge in [0.1, 0.15) is 11.2 Å². The van der Waals surface area contributed by atoms with Gasteiger partial charge in [0.25, 0.3) is 0 Å². The molecule has 6 heteroatoms. The standard InChI is InChI=1S/C25H24N4O2/c1-25(2,15-26)24(31)29-21-14-17(11-12-27-21)23-18(13-16-7-4-3-5-8-16)22-19(28-23)9-6-10-20(22)30/h3-5,7-8,11-12,14,28H,6,9-10,13H2,1-2H3,(H,27,29,31). The Kier molecular flexibility index (Phi) is 5.43. The quantitative estimate of drug-likeness (QED) is 0.636. The first-order chi connectivity index (χ1) is 14.9. The Hall–Kier alpha value is -3.72. The molecular formula is C25H24N4O2. The number of hydrogen-bond acceptors (Lipinski definition) is 4. The largest absolute Gasteiger partial charge is 0.358 e. The number of fused-ring (bicyclic) bond motifs is 1. The van der Waals surface area contributed by atoms with Crippen molar-refractivity contribution in [3.63, 3.8) is 0 Å². The van der Waals surface area contributed by atoms with Crippen molar-refractivity contribution in [3.8, 4) is 17.3 Å². The summed E-state index contributed by atoms with van der Waals surface area (Å²) in [5.74, 6) is 0.133. The summed E-state index contributed by atoms with van der Waals surface area (Å²) in [5.41, 5.74) is 4.45. The summed E-state index contributed by atoms with van der Waals surface area (Å²) < 4.78 is 0. The van der Waals surface area contributed by atoms with E-state index in [1.54, 1.807) is 26.1 Å². The molecular weight excluding hydrogens is 388 g/mol. The van der Waals surface area contributed by atoms with Crippen LogP contribution in [0.1, 0.15) is 53.9 Å². The van der Waals surface area contributed by atoms with Crippen molar-refractivity contribution in [2.24, 2.45) is 5.41 Å². The summed E-state index contributed by atoms with van der Waals surface area (Å²) >= 11 is 0. The maximum Gasteiger partial charge on any atom is 0.245 e. The number of carbonyl (C=O) groups excluding carboxylic acids is 2. The summed E-state index contributed by atoms with van der Waals surface area (Å²) in [5, 5.41) is 11.9. The number of aromatic amines is 1. The summed E-state index contributed by atoms with van der Waals surface area (Å²) in [7, 11) is 0. The number of pyridine rings is 1. The van der Waals surface area contributed by atoms with Crippen molar-refractivity contribution in [2.75, 3.05) is 5.32 Å². The van der Waals surface area contributed by atoms with E-state index in [0.29, 0.717) is 18.7 Å². The van der Waals surface area contributed by atoms with Gasteiger partial charge in [0.05, 0.1) is 11.8 Å². The van der Waals surface area contributed by atoms with Crippen LogP contribution in [-0.4, -0.2) is 21.7 Å². The highest BCUT2D eigenvalue weighted by atomic mass is 16.2. The minimum absolute atomic E-state index is 0.174. The summed E-state index contributed by atoms with van der Waals surface area (Å²) in [4.78, 5) is 32.9. The van der Waals surface area contributed by atoms with Gasteiger partial charge in [-0.25, -0.2) is 4.98 Å². The van der Waals surface area contributed by atoms with Crippen LogP contribution in [0.2, 0.25) is 0 Å². The van der Waals surface area contributed by atoms with E-state index < -0.39 is 11.3 Å². The van der Waals surface area contributed by atoms with E-state index in [0.717, 1.165) is 46.5 Å². The Morgan fingerprint density at radius 1 is 1.23 bits per heavy atom. The monoisotopic (exact) mass is 412 g/mol. The number of anilines is 1. The van der Waals surface area contributed by atoms with E-state index in [2.05, 4.69) is 27.4 Å². The molecule has 31 heavy (non-hydrogen) atoms. The molecule has 4 rings (SSSR count). The number of carbonyl (C=O) groups is 2. The van der Waals surface area contributed by atoms with Gasteiger partial charge in [-0.1, -0.05) is 30.3 Å². The third-order valence-electron chi connectivity index (χ3n) is 5.65. The maximum absolute atomic E-state index is 12.8. The van der Waals surface area contributed by atoms with Gasteiger partial charge in [-0.15, -0.1) is 0 Å². The third-order valence-corrected chi connectivity index (χ3v) is 5.65. The van der Waals surface area contributed by atoms with Gasteiger partial charge in [0.2, 0.25) is 5.91 Å². The molecule has 0 unspecified atom stereocenters. The van der Waals surface area contributed by atoms with Gasteiger partial charge in [-0.3, -0.25) is 9.59 Å². The predicted octanol–water partition coefficient (Wildman–Crippen LogP) is 4.67. The molecule has 0 bridgehead atoms. The lowest BCUT2D eigenvalue weighted by molar-refractivity contribution is -0.121. The van der Waals surface area contributed by atoms with Crippen LogP contribution in [0.4, 0.5) is 5.82 Å². The molecule has 1 aliphatic carbocycles. The first-order valence-corrected chi connectivity index (χ1v) is 10.4. The van der Waals surface area contributed by atoms with E-state index in [9.17, 15) is 14.9 Å². The van der Waals surface area contributed by atoms with Crippen molar-refractivity contribution in [2.45, 2.75) is 39.5 Å². The third kappa shape index (κ3) is 4.13. The highest BCUT2D eigenvalue weighted by Crippen LogP contribution is 2.35. The second kappa shape index (κ2) is 8.19. The number of benzene rings is 1. The molecule has 3 aromatic rings. The van der Waals surface area contributed by atoms with Crippen molar-refractivity contribution in [1.82, 2.24) is 9.97 Å². The highest BCUT2D eigenvalue weighted by Gasteiger charge is 2.29. The lowest BCUT2D eigenvalue weighted by atomic mass is 9.90. The van der Waals surface area contributed by atoms with Crippen molar-refractivity contribution >= 4 is 17.5 Å². The average Bonchev–Trinajstić information content (AvgIpc) is 3.14. The predicted molar refractivity (Wildman–Crippen MR) is 119 cm³/mol. The average molecular weight is 412 g/mol. The first kappa shape index (κ1) is 20.5. The molecule has 1 aromatic carbocycles. The molecule has 0 fully saturated rings. The Morgan fingerprint density at radius 3 is 2.74 bits per heavy atom. The number of rotatable bonds is 5. The highest BCUT2D eigenvalue weighted by molar-refractivity contribution is 6.02. The molecule has 0 radical (unpaired) electrons. The number of aromatic nitrogens is 2. The number of nitrogens with zero attached hydrogens (tertiary/aromatic N) is 2. The van der Waals surface area contributed by atoms with E-state index in [-0.39, 0.29) is 5.78 Å². The minimum atomic E-state index is -1.16. The molecule has 2 aromatic heterocycles. The van der Waals surface area contributed by atoms with Gasteiger partial charge in [0.15, 0.2) is 5.78 Å². The zero-order valence-corrected chi connectivity index (χ0v) is 17.7. The molecule has 0 saturated carbocycles. The number of nitrogens with one attached hydrogen (secondary N) is 2. The van der Waals surface area contributed by atoms with E-state index in [4.69, 9.17) is 0 Å². The van der Waals surface area contributed by atoms with E-state index in [1.165, 1.54) is 0 Å². The van der Waals surface area contributed by atoms with Crippen molar-refractivity contribution in [1.29, 1.82) is 5.26 Å². The Bertz CT molecular complexity index is 1190. The zero-order chi connectivity index (χ0) is 22.0. The lowest BCUT2D eigenvalue weighted by Gasteiger charge is -2.15.